The molecule has 2 aliphatic heterocycles. The molecule has 1 spiro atoms. The van der Waals surface area contributed by atoms with Crippen molar-refractivity contribution in [2.75, 3.05) is 0 Å². The van der Waals surface area contributed by atoms with Gasteiger partial charge in [0, 0.05) is 5.54 Å². The molecule has 120 valence electrons. The number of nitrogens with zero attached hydrogens (tertiary/aromatic N) is 1. The summed E-state index contributed by atoms with van der Waals surface area (Å²) in [6.45, 7) is 0. The summed E-state index contributed by atoms with van der Waals surface area (Å²) in [4.78, 5) is 39.1. The molecule has 1 saturated heterocycles. The molecule has 0 radical (unpaired) electrons. The van der Waals surface area contributed by atoms with Crippen molar-refractivity contribution in [2.24, 2.45) is 0 Å². The lowest BCUT2D eigenvalue weighted by Gasteiger charge is -2.30. The minimum Gasteiger partial charge on any atom is -0.349 e. The van der Waals surface area contributed by atoms with Crippen LogP contribution in [0.3, 0.4) is 0 Å². The Hall–Kier alpha value is -2.17. The Labute approximate surface area is 135 Å². The number of imide groups is 1. The lowest BCUT2D eigenvalue weighted by atomic mass is 9.92. The van der Waals surface area contributed by atoms with Crippen molar-refractivity contribution in [2.45, 2.75) is 56.5 Å². The van der Waals surface area contributed by atoms with Crippen LogP contribution in [-0.4, -0.2) is 34.2 Å². The van der Waals surface area contributed by atoms with Gasteiger partial charge < -0.3 is 5.32 Å². The van der Waals surface area contributed by atoms with Crippen LogP contribution in [0, 0.1) is 0 Å². The summed E-state index contributed by atoms with van der Waals surface area (Å²) in [5.41, 5.74) is 0.708. The van der Waals surface area contributed by atoms with Gasteiger partial charge in [-0.1, -0.05) is 25.0 Å². The first-order valence-corrected chi connectivity index (χ1v) is 8.40. The summed E-state index contributed by atoms with van der Waals surface area (Å²) in [7, 11) is 0. The highest BCUT2D eigenvalue weighted by Gasteiger charge is 2.46. The van der Waals surface area contributed by atoms with Gasteiger partial charge in [0.2, 0.25) is 5.91 Å². The molecule has 1 saturated carbocycles. The molecule has 2 fully saturated rings. The summed E-state index contributed by atoms with van der Waals surface area (Å²) < 4.78 is 0. The second kappa shape index (κ2) is 5.18. The van der Waals surface area contributed by atoms with E-state index in [4.69, 9.17) is 0 Å². The van der Waals surface area contributed by atoms with Gasteiger partial charge in [-0.15, -0.1) is 0 Å². The van der Waals surface area contributed by atoms with Crippen LogP contribution in [0.2, 0.25) is 0 Å². The number of carbonyl (C=O) groups excluding carboxylic acids is 3. The molecule has 2 heterocycles. The summed E-state index contributed by atoms with van der Waals surface area (Å²) in [5, 5.41) is 3.16. The summed E-state index contributed by atoms with van der Waals surface area (Å²) >= 11 is 0. The highest BCUT2D eigenvalue weighted by Crippen LogP contribution is 2.37. The first kappa shape index (κ1) is 14.4. The van der Waals surface area contributed by atoms with Crippen LogP contribution < -0.4 is 5.32 Å². The van der Waals surface area contributed by atoms with Crippen molar-refractivity contribution in [3.05, 3.63) is 35.4 Å². The number of hydrogen-bond donors (Lipinski definition) is 1. The molecule has 3 amide bonds. The fourth-order valence-electron chi connectivity index (χ4n) is 4.34. The minimum absolute atomic E-state index is 0.107. The Balaban J connectivity index is 1.62. The van der Waals surface area contributed by atoms with E-state index in [-0.39, 0.29) is 23.3 Å². The standard InChI is InChI=1S/C18H20N2O3/c21-15-14(8-5-11-18(19-15)9-3-4-10-18)20-16(22)12-6-1-2-7-13(12)17(20)23/h1-2,6-7,14H,3-5,8-11H2,(H,19,21). The second-order valence-corrected chi connectivity index (χ2v) is 6.91. The van der Waals surface area contributed by atoms with Crippen LogP contribution in [-0.2, 0) is 4.79 Å². The predicted molar refractivity (Wildman–Crippen MR) is 83.9 cm³/mol. The van der Waals surface area contributed by atoms with Gasteiger partial charge in [0.25, 0.3) is 11.8 Å². The third-order valence-electron chi connectivity index (χ3n) is 5.52. The van der Waals surface area contributed by atoms with E-state index in [0.29, 0.717) is 17.5 Å². The largest absolute Gasteiger partial charge is 0.349 e. The molecule has 1 aliphatic carbocycles. The average molecular weight is 312 g/mol. The van der Waals surface area contributed by atoms with Gasteiger partial charge in [-0.3, -0.25) is 19.3 Å². The number of nitrogens with one attached hydrogen (secondary N) is 1. The van der Waals surface area contributed by atoms with Gasteiger partial charge in [-0.25, -0.2) is 0 Å². The topological polar surface area (TPSA) is 66.5 Å². The molecule has 1 unspecified atom stereocenters. The predicted octanol–water partition coefficient (Wildman–Crippen LogP) is 2.26. The Morgan fingerprint density at radius 1 is 0.913 bits per heavy atom. The number of hydrogen-bond acceptors (Lipinski definition) is 3. The smallest absolute Gasteiger partial charge is 0.262 e. The van der Waals surface area contributed by atoms with E-state index in [2.05, 4.69) is 5.32 Å². The van der Waals surface area contributed by atoms with Crippen molar-refractivity contribution in [1.29, 1.82) is 0 Å². The van der Waals surface area contributed by atoms with Crippen molar-refractivity contribution < 1.29 is 14.4 Å². The van der Waals surface area contributed by atoms with Gasteiger partial charge in [0.05, 0.1) is 11.1 Å². The van der Waals surface area contributed by atoms with Gasteiger partial charge in [0.1, 0.15) is 6.04 Å². The lowest BCUT2D eigenvalue weighted by Crippen LogP contribution is -2.53. The molecule has 1 aromatic carbocycles. The molecule has 0 bridgehead atoms. The zero-order chi connectivity index (χ0) is 16.0. The minimum atomic E-state index is -0.678. The summed E-state index contributed by atoms with van der Waals surface area (Å²) in [6, 6.07) is 6.12. The monoisotopic (exact) mass is 312 g/mol. The molecule has 5 heteroatoms. The zero-order valence-electron chi connectivity index (χ0n) is 13.0. The maximum Gasteiger partial charge on any atom is 0.262 e. The van der Waals surface area contributed by atoms with E-state index in [1.165, 1.54) is 4.90 Å². The van der Waals surface area contributed by atoms with Crippen molar-refractivity contribution >= 4 is 17.7 Å². The van der Waals surface area contributed by atoms with Gasteiger partial charge >= 0.3 is 0 Å². The zero-order valence-corrected chi connectivity index (χ0v) is 13.0. The molecule has 23 heavy (non-hydrogen) atoms. The normalized spacial score (nSPS) is 26.3. The Kier molecular flexibility index (Phi) is 3.25. The number of benzene rings is 1. The second-order valence-electron chi connectivity index (χ2n) is 6.91. The third-order valence-corrected chi connectivity index (χ3v) is 5.52. The van der Waals surface area contributed by atoms with Crippen LogP contribution in [0.15, 0.2) is 24.3 Å². The molecule has 1 aromatic rings. The molecule has 1 atom stereocenters. The van der Waals surface area contributed by atoms with E-state index in [1.54, 1.807) is 24.3 Å². The van der Waals surface area contributed by atoms with Crippen LogP contribution >= 0.6 is 0 Å². The first-order chi connectivity index (χ1) is 11.1. The molecular formula is C18H20N2O3. The third kappa shape index (κ3) is 2.18. The Morgan fingerprint density at radius 3 is 2.09 bits per heavy atom. The number of rotatable bonds is 1. The van der Waals surface area contributed by atoms with Crippen molar-refractivity contribution in [3.63, 3.8) is 0 Å². The highest BCUT2D eigenvalue weighted by molar-refractivity contribution is 6.22. The maximum atomic E-state index is 12.7. The molecular weight excluding hydrogens is 292 g/mol. The van der Waals surface area contributed by atoms with E-state index in [0.717, 1.165) is 38.5 Å². The van der Waals surface area contributed by atoms with Crippen LogP contribution in [0.4, 0.5) is 0 Å². The molecule has 3 aliphatic rings. The summed E-state index contributed by atoms with van der Waals surface area (Å²) in [5.74, 6) is -0.847. The van der Waals surface area contributed by atoms with E-state index >= 15 is 0 Å². The average Bonchev–Trinajstić information content (AvgIpc) is 3.04. The fourth-order valence-corrected chi connectivity index (χ4v) is 4.34. The van der Waals surface area contributed by atoms with E-state index in [1.807, 2.05) is 0 Å². The Bertz CT molecular complexity index is 656. The van der Waals surface area contributed by atoms with Crippen LogP contribution in [0.1, 0.15) is 65.7 Å². The summed E-state index contributed by atoms with van der Waals surface area (Å²) in [6.07, 6.45) is 6.64. The van der Waals surface area contributed by atoms with E-state index in [9.17, 15) is 14.4 Å². The maximum absolute atomic E-state index is 12.7. The highest BCUT2D eigenvalue weighted by atomic mass is 16.2. The van der Waals surface area contributed by atoms with Crippen LogP contribution in [0.5, 0.6) is 0 Å². The molecule has 5 nitrogen and oxygen atoms in total. The number of amides is 3. The molecule has 0 aromatic heterocycles. The van der Waals surface area contributed by atoms with Gasteiger partial charge in [-0.05, 0) is 44.2 Å². The quantitative estimate of drug-likeness (QED) is 0.809. The van der Waals surface area contributed by atoms with Crippen molar-refractivity contribution in [3.8, 4) is 0 Å². The van der Waals surface area contributed by atoms with Crippen LogP contribution in [0.25, 0.3) is 0 Å². The molecule has 4 rings (SSSR count). The fraction of sp³-hybridized carbons (Fsp3) is 0.500. The SMILES string of the molecule is O=C1NC2(CCCC2)CCCC1N1C(=O)c2ccccc2C1=O. The van der Waals surface area contributed by atoms with Crippen molar-refractivity contribution in [1.82, 2.24) is 10.2 Å². The first-order valence-electron chi connectivity index (χ1n) is 8.40. The Morgan fingerprint density at radius 2 is 1.48 bits per heavy atom. The molecule has 1 N–H and O–H groups in total. The van der Waals surface area contributed by atoms with E-state index < -0.39 is 6.04 Å². The van der Waals surface area contributed by atoms with Gasteiger partial charge in [0.15, 0.2) is 0 Å². The van der Waals surface area contributed by atoms with Gasteiger partial charge in [-0.2, -0.15) is 0 Å². The number of carbonyl (C=O) groups is 3. The number of fused-ring (bicyclic) bond motifs is 1. The lowest BCUT2D eigenvalue weighted by molar-refractivity contribution is -0.126.